The van der Waals surface area contributed by atoms with Gasteiger partial charge in [-0.3, -0.25) is 4.21 Å². The van der Waals surface area contributed by atoms with Gasteiger partial charge < -0.3 is 5.21 Å². The van der Waals surface area contributed by atoms with Crippen molar-refractivity contribution in [3.8, 4) is 0 Å². The van der Waals surface area contributed by atoms with E-state index in [0.717, 1.165) is 5.56 Å². The van der Waals surface area contributed by atoms with Crippen molar-refractivity contribution < 1.29 is 9.42 Å². The van der Waals surface area contributed by atoms with Gasteiger partial charge in [0.2, 0.25) is 0 Å². The van der Waals surface area contributed by atoms with Gasteiger partial charge in [-0.15, -0.1) is 0 Å². The standard InChI is InChI=1S/C13H21NO2S/c1-13(2,3)14(15)12(10-17(4)16)11-8-6-5-7-9-11/h5-9,12,15H,10H2,1-4H3. The molecule has 0 heterocycles. The predicted molar refractivity (Wildman–Crippen MR) is 71.5 cm³/mol. The molecule has 17 heavy (non-hydrogen) atoms. The molecule has 0 radical (unpaired) electrons. The van der Waals surface area contributed by atoms with Crippen LogP contribution in [-0.2, 0) is 10.8 Å². The Labute approximate surface area is 106 Å². The zero-order valence-electron chi connectivity index (χ0n) is 10.9. The zero-order valence-corrected chi connectivity index (χ0v) is 11.7. The third-order valence-corrected chi connectivity index (χ3v) is 3.34. The maximum Gasteiger partial charge on any atom is 0.0720 e. The quantitative estimate of drug-likeness (QED) is 0.841. The minimum absolute atomic E-state index is 0.234. The van der Waals surface area contributed by atoms with Crippen LogP contribution in [0, 0.1) is 0 Å². The van der Waals surface area contributed by atoms with Crippen molar-refractivity contribution in [3.63, 3.8) is 0 Å². The van der Waals surface area contributed by atoms with E-state index in [9.17, 15) is 9.42 Å². The second-order valence-electron chi connectivity index (χ2n) is 5.18. The van der Waals surface area contributed by atoms with Crippen molar-refractivity contribution in [1.82, 2.24) is 5.06 Å². The third kappa shape index (κ3) is 4.22. The molecule has 0 aromatic heterocycles. The highest BCUT2D eigenvalue weighted by Crippen LogP contribution is 2.26. The van der Waals surface area contributed by atoms with E-state index < -0.39 is 10.8 Å². The van der Waals surface area contributed by atoms with E-state index in [-0.39, 0.29) is 11.6 Å². The Morgan fingerprint density at radius 1 is 1.29 bits per heavy atom. The topological polar surface area (TPSA) is 40.5 Å². The van der Waals surface area contributed by atoms with Crippen LogP contribution in [-0.4, -0.2) is 32.0 Å². The normalized spacial score (nSPS) is 15.9. The molecule has 0 saturated carbocycles. The van der Waals surface area contributed by atoms with Gasteiger partial charge in [-0.2, -0.15) is 5.06 Å². The number of rotatable bonds is 4. The van der Waals surface area contributed by atoms with Crippen molar-refractivity contribution in [2.45, 2.75) is 32.4 Å². The Bertz CT molecular complexity index is 373. The number of hydroxylamine groups is 2. The molecule has 0 spiro atoms. The number of hydrogen-bond donors (Lipinski definition) is 1. The van der Waals surface area contributed by atoms with E-state index >= 15 is 0 Å². The summed E-state index contributed by atoms with van der Waals surface area (Å²) in [5.74, 6) is 0.428. The summed E-state index contributed by atoms with van der Waals surface area (Å²) in [5, 5.41) is 11.5. The Kier molecular flexibility index (Phi) is 4.86. The highest BCUT2D eigenvalue weighted by Gasteiger charge is 2.29. The summed E-state index contributed by atoms with van der Waals surface area (Å²) in [7, 11) is -0.953. The lowest BCUT2D eigenvalue weighted by Crippen LogP contribution is -2.43. The lowest BCUT2D eigenvalue weighted by Gasteiger charge is -2.36. The molecule has 0 fully saturated rings. The fourth-order valence-corrected chi connectivity index (χ4v) is 2.45. The summed E-state index contributed by atoms with van der Waals surface area (Å²) in [5.41, 5.74) is 0.611. The second kappa shape index (κ2) is 5.76. The van der Waals surface area contributed by atoms with Crippen LogP contribution in [0.4, 0.5) is 0 Å². The number of hydrogen-bond acceptors (Lipinski definition) is 3. The molecular formula is C13H21NO2S. The van der Waals surface area contributed by atoms with Crippen molar-refractivity contribution in [2.75, 3.05) is 12.0 Å². The van der Waals surface area contributed by atoms with Crippen molar-refractivity contribution in [1.29, 1.82) is 0 Å². The molecule has 4 heteroatoms. The Balaban J connectivity index is 3.00. The van der Waals surface area contributed by atoms with E-state index in [1.165, 1.54) is 5.06 Å². The number of benzene rings is 1. The minimum atomic E-state index is -0.953. The van der Waals surface area contributed by atoms with Crippen LogP contribution >= 0.6 is 0 Å². The first-order valence-electron chi connectivity index (χ1n) is 5.65. The molecule has 3 nitrogen and oxygen atoms in total. The lowest BCUT2D eigenvalue weighted by atomic mass is 10.0. The lowest BCUT2D eigenvalue weighted by molar-refractivity contribution is -0.183. The van der Waals surface area contributed by atoms with E-state index in [4.69, 9.17) is 0 Å². The summed E-state index contributed by atoms with van der Waals surface area (Å²) in [4.78, 5) is 0. The molecule has 0 saturated heterocycles. The summed E-state index contributed by atoms with van der Waals surface area (Å²) >= 11 is 0. The van der Waals surface area contributed by atoms with Gasteiger partial charge in [0.05, 0.1) is 6.04 Å². The SMILES string of the molecule is CS(=O)CC(c1ccccc1)N(O)C(C)(C)C. The van der Waals surface area contributed by atoms with Gasteiger partial charge in [0.25, 0.3) is 0 Å². The smallest absolute Gasteiger partial charge is 0.0720 e. The van der Waals surface area contributed by atoms with Crippen LogP contribution in [0.3, 0.4) is 0 Å². The first-order chi connectivity index (χ1) is 7.82. The van der Waals surface area contributed by atoms with Crippen LogP contribution in [0.5, 0.6) is 0 Å². The highest BCUT2D eigenvalue weighted by molar-refractivity contribution is 7.84. The molecular weight excluding hydrogens is 234 g/mol. The van der Waals surface area contributed by atoms with E-state index in [0.29, 0.717) is 5.75 Å². The Hall–Kier alpha value is -0.710. The molecule has 0 amide bonds. The first-order valence-corrected chi connectivity index (χ1v) is 7.38. The van der Waals surface area contributed by atoms with Gasteiger partial charge in [0, 0.05) is 28.3 Å². The molecule has 1 aromatic rings. The number of nitrogens with zero attached hydrogens (tertiary/aromatic N) is 1. The van der Waals surface area contributed by atoms with Gasteiger partial charge in [-0.25, -0.2) is 0 Å². The maximum atomic E-state index is 11.4. The van der Waals surface area contributed by atoms with E-state index in [2.05, 4.69) is 0 Å². The van der Waals surface area contributed by atoms with Crippen LogP contribution in [0.2, 0.25) is 0 Å². The van der Waals surface area contributed by atoms with Crippen LogP contribution in [0.25, 0.3) is 0 Å². The maximum absolute atomic E-state index is 11.4. The molecule has 1 rings (SSSR count). The predicted octanol–water partition coefficient (Wildman–Crippen LogP) is 2.60. The van der Waals surface area contributed by atoms with Gasteiger partial charge in [-0.05, 0) is 26.3 Å². The molecule has 0 aliphatic rings. The average Bonchev–Trinajstić information content (AvgIpc) is 2.24. The Morgan fingerprint density at radius 3 is 2.24 bits per heavy atom. The van der Waals surface area contributed by atoms with Gasteiger partial charge in [0.15, 0.2) is 0 Å². The van der Waals surface area contributed by atoms with Crippen LogP contribution in [0.1, 0.15) is 32.4 Å². The molecule has 0 aliphatic heterocycles. The second-order valence-corrected chi connectivity index (χ2v) is 6.66. The molecule has 0 bridgehead atoms. The summed E-state index contributed by atoms with van der Waals surface area (Å²) in [6.07, 6.45) is 1.66. The van der Waals surface area contributed by atoms with Crippen LogP contribution in [0.15, 0.2) is 30.3 Å². The van der Waals surface area contributed by atoms with Gasteiger partial charge >= 0.3 is 0 Å². The Morgan fingerprint density at radius 2 is 1.82 bits per heavy atom. The largest absolute Gasteiger partial charge is 0.313 e. The van der Waals surface area contributed by atoms with Crippen LogP contribution < -0.4 is 0 Å². The highest BCUT2D eigenvalue weighted by atomic mass is 32.2. The molecule has 0 aliphatic carbocycles. The zero-order chi connectivity index (χ0) is 13.1. The van der Waals surface area contributed by atoms with E-state index in [1.807, 2.05) is 51.1 Å². The fourth-order valence-electron chi connectivity index (χ4n) is 1.67. The summed E-state index contributed by atoms with van der Waals surface area (Å²) < 4.78 is 11.4. The monoisotopic (exact) mass is 255 g/mol. The van der Waals surface area contributed by atoms with Crippen molar-refractivity contribution in [2.24, 2.45) is 0 Å². The fraction of sp³-hybridized carbons (Fsp3) is 0.538. The van der Waals surface area contributed by atoms with Gasteiger partial charge in [0.1, 0.15) is 0 Å². The first kappa shape index (κ1) is 14.4. The molecule has 1 N–H and O–H groups in total. The summed E-state index contributed by atoms with van der Waals surface area (Å²) in [6.45, 7) is 5.80. The average molecular weight is 255 g/mol. The minimum Gasteiger partial charge on any atom is -0.313 e. The molecule has 2 atom stereocenters. The molecule has 1 aromatic carbocycles. The summed E-state index contributed by atoms with van der Waals surface area (Å²) in [6, 6.07) is 9.46. The van der Waals surface area contributed by atoms with Gasteiger partial charge in [-0.1, -0.05) is 30.3 Å². The van der Waals surface area contributed by atoms with Crippen molar-refractivity contribution in [3.05, 3.63) is 35.9 Å². The van der Waals surface area contributed by atoms with E-state index in [1.54, 1.807) is 6.26 Å². The van der Waals surface area contributed by atoms with Crippen molar-refractivity contribution >= 4 is 10.8 Å². The molecule has 96 valence electrons. The molecule has 2 unspecified atom stereocenters. The third-order valence-electron chi connectivity index (χ3n) is 2.56.